The monoisotopic (exact) mass is 429 g/mol. The molecule has 1 heterocycles. The fourth-order valence-electron chi connectivity index (χ4n) is 4.35. The first-order valence-corrected chi connectivity index (χ1v) is 10.8. The Morgan fingerprint density at radius 2 is 2.10 bits per heavy atom. The van der Waals surface area contributed by atoms with E-state index in [1.807, 2.05) is 45.0 Å². The van der Waals surface area contributed by atoms with E-state index >= 15 is 0 Å². The average molecular weight is 430 g/mol. The lowest BCUT2D eigenvalue weighted by Crippen LogP contribution is -2.59. The van der Waals surface area contributed by atoms with Crippen molar-refractivity contribution in [2.75, 3.05) is 19.7 Å². The Kier molecular flexibility index (Phi) is 5.33. The summed E-state index contributed by atoms with van der Waals surface area (Å²) in [7, 11) is 0. The van der Waals surface area contributed by atoms with Gasteiger partial charge in [-0.1, -0.05) is 48.9 Å². The fourth-order valence-corrected chi connectivity index (χ4v) is 4.62. The summed E-state index contributed by atoms with van der Waals surface area (Å²) in [6, 6.07) is 11.9. The van der Waals surface area contributed by atoms with Gasteiger partial charge >= 0.3 is 6.09 Å². The number of halogens is 1. The third-order valence-corrected chi connectivity index (χ3v) is 6.10. The van der Waals surface area contributed by atoms with E-state index < -0.39 is 23.4 Å². The van der Waals surface area contributed by atoms with Crippen LogP contribution < -0.4 is 0 Å². The van der Waals surface area contributed by atoms with Crippen LogP contribution in [-0.2, 0) is 21.5 Å². The second-order valence-corrected chi connectivity index (χ2v) is 9.39. The number of nitrogens with zero attached hydrogens (tertiary/aromatic N) is 1. The van der Waals surface area contributed by atoms with Gasteiger partial charge < -0.3 is 19.5 Å². The third kappa shape index (κ3) is 3.49. The second kappa shape index (κ2) is 7.56. The highest BCUT2D eigenvalue weighted by Gasteiger charge is 2.57. The van der Waals surface area contributed by atoms with Gasteiger partial charge in [0.2, 0.25) is 0 Å². The maximum atomic E-state index is 12.6. The number of carbonyl (C=O) groups is 1. The number of aryl methyl sites for hydroxylation is 1. The maximum absolute atomic E-state index is 12.6. The van der Waals surface area contributed by atoms with Gasteiger partial charge in [-0.25, -0.2) is 4.79 Å². The summed E-state index contributed by atoms with van der Waals surface area (Å²) in [5, 5.41) is 11.8. The molecule has 5 nitrogen and oxygen atoms in total. The van der Waals surface area contributed by atoms with Crippen LogP contribution >= 0.6 is 11.6 Å². The number of carbonyl (C=O) groups excluding carboxylic acids is 1. The fraction of sp³-hybridized carbons (Fsp3) is 0.458. The summed E-state index contributed by atoms with van der Waals surface area (Å²) in [4.78, 5) is 14.2. The van der Waals surface area contributed by atoms with Crippen molar-refractivity contribution in [2.24, 2.45) is 0 Å². The zero-order chi connectivity index (χ0) is 21.7. The van der Waals surface area contributed by atoms with Crippen molar-refractivity contribution in [3.8, 4) is 11.1 Å². The summed E-state index contributed by atoms with van der Waals surface area (Å²) in [5.74, 6) is 0. The topological polar surface area (TPSA) is 59.0 Å². The van der Waals surface area contributed by atoms with Gasteiger partial charge in [0, 0.05) is 17.1 Å². The lowest BCUT2D eigenvalue weighted by molar-refractivity contribution is -0.193. The van der Waals surface area contributed by atoms with Gasteiger partial charge in [-0.2, -0.15) is 0 Å². The lowest BCUT2D eigenvalue weighted by Gasteiger charge is -2.53. The third-order valence-electron chi connectivity index (χ3n) is 5.79. The van der Waals surface area contributed by atoms with Crippen LogP contribution in [0.25, 0.3) is 11.1 Å². The largest absolute Gasteiger partial charge is 0.444 e. The van der Waals surface area contributed by atoms with Crippen molar-refractivity contribution < 1.29 is 19.4 Å². The van der Waals surface area contributed by atoms with Crippen LogP contribution in [0.2, 0.25) is 5.02 Å². The van der Waals surface area contributed by atoms with Crippen LogP contribution in [0.3, 0.4) is 0 Å². The molecule has 2 aromatic carbocycles. The number of hydrogen-bond acceptors (Lipinski definition) is 4. The average Bonchev–Trinajstić information content (AvgIpc) is 2.72. The van der Waals surface area contributed by atoms with E-state index in [1.165, 1.54) is 5.56 Å². The lowest BCUT2D eigenvalue weighted by atomic mass is 9.67. The number of aliphatic hydroxyl groups is 1. The predicted molar refractivity (Wildman–Crippen MR) is 117 cm³/mol. The van der Waals surface area contributed by atoms with Gasteiger partial charge in [0.05, 0.1) is 13.2 Å². The van der Waals surface area contributed by atoms with Crippen molar-refractivity contribution in [1.82, 2.24) is 4.90 Å². The van der Waals surface area contributed by atoms with Crippen molar-refractivity contribution >= 4 is 17.7 Å². The van der Waals surface area contributed by atoms with Crippen LogP contribution in [0.4, 0.5) is 4.79 Å². The molecule has 2 atom stereocenters. The Balaban J connectivity index is 1.70. The highest BCUT2D eigenvalue weighted by atomic mass is 35.5. The molecule has 1 saturated heterocycles. The Labute approximate surface area is 182 Å². The van der Waals surface area contributed by atoms with E-state index in [9.17, 15) is 9.90 Å². The van der Waals surface area contributed by atoms with E-state index in [2.05, 4.69) is 19.1 Å². The smallest absolute Gasteiger partial charge is 0.410 e. The van der Waals surface area contributed by atoms with E-state index in [1.54, 1.807) is 4.90 Å². The van der Waals surface area contributed by atoms with Crippen LogP contribution in [0.5, 0.6) is 0 Å². The van der Waals surface area contributed by atoms with Gasteiger partial charge in [0.1, 0.15) is 17.3 Å². The first-order valence-electron chi connectivity index (χ1n) is 10.4. The van der Waals surface area contributed by atoms with Crippen molar-refractivity contribution in [3.05, 3.63) is 58.1 Å². The molecule has 1 aliphatic heterocycles. The van der Waals surface area contributed by atoms with Gasteiger partial charge in [-0.05, 0) is 55.5 Å². The normalized spacial score (nSPS) is 23.1. The van der Waals surface area contributed by atoms with E-state index in [0.29, 0.717) is 18.2 Å². The molecule has 0 bridgehead atoms. The summed E-state index contributed by atoms with van der Waals surface area (Å²) < 4.78 is 11.6. The highest BCUT2D eigenvalue weighted by molar-refractivity contribution is 6.33. The quantitative estimate of drug-likeness (QED) is 0.723. The zero-order valence-electron chi connectivity index (χ0n) is 17.9. The molecule has 0 radical (unpaired) electrons. The molecule has 160 valence electrons. The first-order chi connectivity index (χ1) is 14.2. The van der Waals surface area contributed by atoms with Crippen LogP contribution in [0, 0.1) is 0 Å². The summed E-state index contributed by atoms with van der Waals surface area (Å²) >= 11 is 6.57. The van der Waals surface area contributed by atoms with Crippen LogP contribution in [-0.4, -0.2) is 41.4 Å². The molecular formula is C24H28ClNO4. The zero-order valence-corrected chi connectivity index (χ0v) is 18.6. The Morgan fingerprint density at radius 3 is 2.80 bits per heavy atom. The van der Waals surface area contributed by atoms with Gasteiger partial charge in [-0.15, -0.1) is 0 Å². The summed E-state index contributed by atoms with van der Waals surface area (Å²) in [6.45, 7) is 8.63. The number of aliphatic hydroxyl groups excluding tert-OH is 1. The molecule has 4 rings (SSSR count). The number of hydrogen-bond donors (Lipinski definition) is 1. The number of amides is 1. The van der Waals surface area contributed by atoms with Crippen LogP contribution in [0.1, 0.15) is 50.5 Å². The molecule has 0 aromatic heterocycles. The molecule has 1 N–H and O–H groups in total. The van der Waals surface area contributed by atoms with Crippen LogP contribution in [0.15, 0.2) is 36.4 Å². The van der Waals surface area contributed by atoms with Crippen molar-refractivity contribution in [3.63, 3.8) is 0 Å². The SMILES string of the molecule is CCc1cccc(-c2c(Cl)ccc3c2[C@H](O)C32CN(C(=O)OC(C)(C)C)CCO2)c1. The van der Waals surface area contributed by atoms with Crippen molar-refractivity contribution in [1.29, 1.82) is 0 Å². The molecule has 0 saturated carbocycles. The molecule has 6 heteroatoms. The van der Waals surface area contributed by atoms with Gasteiger partial charge in [-0.3, -0.25) is 0 Å². The molecule has 2 aromatic rings. The molecule has 30 heavy (non-hydrogen) atoms. The molecule has 1 fully saturated rings. The summed E-state index contributed by atoms with van der Waals surface area (Å²) in [5.41, 5.74) is 3.14. The second-order valence-electron chi connectivity index (χ2n) is 8.98. The minimum Gasteiger partial charge on any atom is -0.444 e. The molecular weight excluding hydrogens is 402 g/mol. The minimum absolute atomic E-state index is 0.242. The number of ether oxygens (including phenoxy) is 2. The van der Waals surface area contributed by atoms with E-state index in [4.69, 9.17) is 21.1 Å². The predicted octanol–water partition coefficient (Wildman–Crippen LogP) is 5.08. The Morgan fingerprint density at radius 1 is 1.33 bits per heavy atom. The Hall–Kier alpha value is -2.08. The van der Waals surface area contributed by atoms with Gasteiger partial charge in [0.15, 0.2) is 0 Å². The van der Waals surface area contributed by atoms with E-state index in [0.717, 1.165) is 28.7 Å². The molecule has 1 spiro atoms. The minimum atomic E-state index is -0.952. The molecule has 1 aliphatic carbocycles. The van der Waals surface area contributed by atoms with Gasteiger partial charge in [0.25, 0.3) is 0 Å². The number of benzene rings is 2. The van der Waals surface area contributed by atoms with E-state index in [-0.39, 0.29) is 6.54 Å². The molecule has 2 aliphatic rings. The number of fused-ring (bicyclic) bond motifs is 2. The highest BCUT2D eigenvalue weighted by Crippen LogP contribution is 2.57. The molecule has 1 unspecified atom stereocenters. The number of rotatable bonds is 2. The summed E-state index contributed by atoms with van der Waals surface area (Å²) in [6.07, 6.45) is -0.353. The Bertz CT molecular complexity index is 984. The molecule has 1 amide bonds. The number of morpholine rings is 1. The first kappa shape index (κ1) is 21.2. The maximum Gasteiger partial charge on any atom is 0.410 e. The van der Waals surface area contributed by atoms with Crippen molar-refractivity contribution in [2.45, 2.75) is 51.4 Å². The standard InChI is InChI=1S/C24H28ClNO4/c1-5-15-7-6-8-16(13-15)19-18(25)10-9-17-20(19)21(27)24(17)14-26(11-12-29-24)22(28)30-23(2,3)4/h6-10,13,21,27H,5,11-12,14H2,1-4H3/t21-,24?/m0/s1.